The van der Waals surface area contributed by atoms with Crippen molar-refractivity contribution in [2.45, 2.75) is 0 Å². The molecule has 0 radical (unpaired) electrons. The molecule has 0 fully saturated rings. The molecule has 0 aliphatic carbocycles. The van der Waals surface area contributed by atoms with Gasteiger partial charge in [-0.3, -0.25) is 0 Å². The Kier molecular flexibility index (Phi) is 5.68. The van der Waals surface area contributed by atoms with Crippen molar-refractivity contribution >= 4 is 28.2 Å². The molecule has 0 aliphatic heterocycles. The Bertz CT molecular complexity index is 1130. The van der Waals surface area contributed by atoms with E-state index in [1.54, 1.807) is 6.20 Å². The molecule has 0 saturated carbocycles. The molecule has 4 rings (SSSR count). The van der Waals surface area contributed by atoms with E-state index in [4.69, 9.17) is 4.98 Å². The van der Waals surface area contributed by atoms with Gasteiger partial charge in [0.2, 0.25) is 5.95 Å². The number of fused-ring (bicyclic) bond motifs is 1. The zero-order chi connectivity index (χ0) is 21.1. The Hall–Kier alpha value is -3.38. The zero-order valence-corrected chi connectivity index (χ0v) is 18.0. The summed E-state index contributed by atoms with van der Waals surface area (Å²) in [7, 11) is 8.35. The first kappa shape index (κ1) is 19.9. The molecule has 2 heterocycles. The third-order valence-electron chi connectivity index (χ3n) is 5.28. The predicted molar refractivity (Wildman–Crippen MR) is 125 cm³/mol. The number of aryl methyl sites for hydroxylation is 1. The van der Waals surface area contributed by atoms with Crippen molar-refractivity contribution in [1.29, 1.82) is 0 Å². The van der Waals surface area contributed by atoms with E-state index in [2.05, 4.69) is 108 Å². The second-order valence-electron chi connectivity index (χ2n) is 7.83. The summed E-state index contributed by atoms with van der Waals surface area (Å²) in [5.74, 6) is 0.592. The van der Waals surface area contributed by atoms with Crippen LogP contribution in [0.2, 0.25) is 0 Å². The van der Waals surface area contributed by atoms with E-state index in [9.17, 15) is 0 Å². The van der Waals surface area contributed by atoms with Crippen LogP contribution >= 0.6 is 0 Å². The monoisotopic (exact) mass is 400 g/mol. The molecule has 4 aromatic rings. The Morgan fingerprint density at radius 1 is 0.933 bits per heavy atom. The number of anilines is 3. The number of likely N-dealkylation sites (N-methyl/N-ethyl adjacent to an activating group) is 2. The summed E-state index contributed by atoms with van der Waals surface area (Å²) < 4.78 is 2.13. The first-order valence-electron chi connectivity index (χ1n) is 10.1. The van der Waals surface area contributed by atoms with Gasteiger partial charge in [0.05, 0.1) is 5.69 Å². The maximum absolute atomic E-state index is 4.76. The van der Waals surface area contributed by atoms with E-state index >= 15 is 0 Å². The van der Waals surface area contributed by atoms with Crippen molar-refractivity contribution in [2.24, 2.45) is 7.05 Å². The lowest BCUT2D eigenvalue weighted by atomic mass is 10.1. The topological polar surface area (TPSA) is 49.2 Å². The second-order valence-corrected chi connectivity index (χ2v) is 7.83. The molecule has 0 amide bonds. The first-order valence-corrected chi connectivity index (χ1v) is 10.1. The van der Waals surface area contributed by atoms with Crippen molar-refractivity contribution in [3.63, 3.8) is 0 Å². The van der Waals surface area contributed by atoms with Gasteiger partial charge in [0.25, 0.3) is 0 Å². The highest BCUT2D eigenvalue weighted by atomic mass is 15.2. The summed E-state index contributed by atoms with van der Waals surface area (Å²) in [6.45, 7) is 2.00. The van der Waals surface area contributed by atoms with Crippen LogP contribution in [0.3, 0.4) is 0 Å². The van der Waals surface area contributed by atoms with E-state index in [1.807, 2.05) is 6.07 Å². The number of rotatable bonds is 7. The predicted octanol–water partition coefficient (Wildman–Crippen LogP) is 4.38. The van der Waals surface area contributed by atoms with E-state index in [0.29, 0.717) is 5.95 Å². The number of nitrogens with one attached hydrogen (secondary N) is 1. The number of para-hydroxylation sites is 1. The summed E-state index contributed by atoms with van der Waals surface area (Å²) in [6, 6.07) is 18.7. The lowest BCUT2D eigenvalue weighted by molar-refractivity contribution is 0.416. The number of nitrogens with zero attached hydrogens (tertiary/aromatic N) is 5. The van der Waals surface area contributed by atoms with E-state index in [-0.39, 0.29) is 0 Å². The summed E-state index contributed by atoms with van der Waals surface area (Å²) in [4.78, 5) is 13.6. The zero-order valence-electron chi connectivity index (χ0n) is 18.0. The standard InChI is InChI=1S/C24H28N6/c1-28(2)15-16-29(3)19-11-9-18(10-12-19)26-24-25-14-13-22(27-24)21-17-30(4)23-8-6-5-7-20(21)23/h5-14,17H,15-16H2,1-4H3,(H,25,26,27). The fourth-order valence-electron chi connectivity index (χ4n) is 3.52. The van der Waals surface area contributed by atoms with Gasteiger partial charge in [-0.15, -0.1) is 0 Å². The van der Waals surface area contributed by atoms with Gasteiger partial charge in [0.15, 0.2) is 0 Å². The van der Waals surface area contributed by atoms with Gasteiger partial charge in [-0.1, -0.05) is 18.2 Å². The SMILES string of the molecule is CN(C)CCN(C)c1ccc(Nc2nccc(-c3cn(C)c4ccccc34)n2)cc1. The fraction of sp³-hybridized carbons (Fsp3) is 0.250. The Morgan fingerprint density at radius 2 is 1.70 bits per heavy atom. The van der Waals surface area contributed by atoms with Crippen molar-refractivity contribution < 1.29 is 0 Å². The molecule has 0 spiro atoms. The van der Waals surface area contributed by atoms with Crippen molar-refractivity contribution in [2.75, 3.05) is 44.4 Å². The van der Waals surface area contributed by atoms with E-state index < -0.39 is 0 Å². The van der Waals surface area contributed by atoms with Gasteiger partial charge >= 0.3 is 0 Å². The van der Waals surface area contributed by atoms with Gasteiger partial charge in [0.1, 0.15) is 0 Å². The number of hydrogen-bond acceptors (Lipinski definition) is 5. The van der Waals surface area contributed by atoms with E-state index in [1.165, 1.54) is 16.6 Å². The molecule has 0 bridgehead atoms. The number of hydrogen-bond donors (Lipinski definition) is 1. The lowest BCUT2D eigenvalue weighted by Crippen LogP contribution is -2.28. The minimum atomic E-state index is 0.592. The molecular formula is C24H28N6. The van der Waals surface area contributed by atoms with Crippen LogP contribution in [0.1, 0.15) is 0 Å². The Labute approximate surface area is 177 Å². The third-order valence-corrected chi connectivity index (χ3v) is 5.28. The lowest BCUT2D eigenvalue weighted by Gasteiger charge is -2.21. The Morgan fingerprint density at radius 3 is 2.47 bits per heavy atom. The molecule has 0 aliphatic rings. The highest BCUT2D eigenvalue weighted by Crippen LogP contribution is 2.29. The molecule has 0 saturated heterocycles. The summed E-state index contributed by atoms with van der Waals surface area (Å²) in [6.07, 6.45) is 3.92. The van der Waals surface area contributed by atoms with Gasteiger partial charge in [0, 0.05) is 67.4 Å². The smallest absolute Gasteiger partial charge is 0.227 e. The largest absolute Gasteiger partial charge is 0.373 e. The van der Waals surface area contributed by atoms with Gasteiger partial charge in [-0.05, 0) is 50.5 Å². The molecule has 0 unspecified atom stereocenters. The highest BCUT2D eigenvalue weighted by Gasteiger charge is 2.10. The van der Waals surface area contributed by atoms with Crippen molar-refractivity contribution in [3.05, 3.63) is 67.0 Å². The number of benzene rings is 2. The molecule has 2 aromatic carbocycles. The van der Waals surface area contributed by atoms with Gasteiger partial charge in [-0.25, -0.2) is 9.97 Å². The molecule has 1 N–H and O–H groups in total. The molecular weight excluding hydrogens is 372 g/mol. The van der Waals surface area contributed by atoms with Crippen LogP contribution in [-0.4, -0.2) is 53.7 Å². The molecule has 6 nitrogen and oxygen atoms in total. The van der Waals surface area contributed by atoms with Crippen molar-refractivity contribution in [3.8, 4) is 11.3 Å². The van der Waals surface area contributed by atoms with E-state index in [0.717, 1.165) is 30.0 Å². The van der Waals surface area contributed by atoms with Crippen LogP contribution in [0.25, 0.3) is 22.2 Å². The third kappa shape index (κ3) is 4.28. The minimum Gasteiger partial charge on any atom is -0.373 e. The quantitative estimate of drug-likeness (QED) is 0.499. The molecule has 30 heavy (non-hydrogen) atoms. The Balaban J connectivity index is 1.52. The number of aromatic nitrogens is 3. The van der Waals surface area contributed by atoms with Gasteiger partial charge in [-0.2, -0.15) is 0 Å². The highest BCUT2D eigenvalue weighted by molar-refractivity contribution is 5.95. The van der Waals surface area contributed by atoms with Crippen LogP contribution in [0.15, 0.2) is 67.0 Å². The minimum absolute atomic E-state index is 0.592. The summed E-state index contributed by atoms with van der Waals surface area (Å²) in [5.41, 5.74) is 5.36. The normalized spacial score (nSPS) is 11.2. The van der Waals surface area contributed by atoms with Crippen LogP contribution < -0.4 is 10.2 Å². The second kappa shape index (κ2) is 8.55. The maximum atomic E-state index is 4.76. The summed E-state index contributed by atoms with van der Waals surface area (Å²) in [5, 5.41) is 4.52. The van der Waals surface area contributed by atoms with Crippen LogP contribution in [0, 0.1) is 0 Å². The van der Waals surface area contributed by atoms with Gasteiger partial charge < -0.3 is 19.7 Å². The first-order chi connectivity index (χ1) is 14.5. The average Bonchev–Trinajstić information content (AvgIpc) is 3.10. The molecule has 0 atom stereocenters. The van der Waals surface area contributed by atoms with Crippen LogP contribution in [0.4, 0.5) is 17.3 Å². The maximum Gasteiger partial charge on any atom is 0.227 e. The average molecular weight is 401 g/mol. The molecule has 2 aromatic heterocycles. The summed E-state index contributed by atoms with van der Waals surface area (Å²) >= 11 is 0. The molecule has 6 heteroatoms. The van der Waals surface area contributed by atoms with Crippen LogP contribution in [0.5, 0.6) is 0 Å². The fourth-order valence-corrected chi connectivity index (χ4v) is 3.52. The van der Waals surface area contributed by atoms with Crippen LogP contribution in [-0.2, 0) is 7.05 Å². The van der Waals surface area contributed by atoms with Crippen molar-refractivity contribution in [1.82, 2.24) is 19.4 Å². The molecule has 154 valence electrons.